The largest absolute Gasteiger partial charge is 0.351 e. The van der Waals surface area contributed by atoms with E-state index in [0.717, 1.165) is 31.0 Å². The number of fused-ring (bicyclic) bond motifs is 2. The summed E-state index contributed by atoms with van der Waals surface area (Å²) in [5, 5.41) is 4.27. The van der Waals surface area contributed by atoms with E-state index in [1.165, 1.54) is 10.6 Å². The van der Waals surface area contributed by atoms with Crippen molar-refractivity contribution < 1.29 is 0 Å². The lowest BCUT2D eigenvalue weighted by Gasteiger charge is -2.28. The van der Waals surface area contributed by atoms with Gasteiger partial charge >= 0.3 is 0 Å². The molecule has 6 nitrogen and oxygen atoms in total. The van der Waals surface area contributed by atoms with Crippen molar-refractivity contribution in [3.05, 3.63) is 34.2 Å². The Hall–Kier alpha value is -2.02. The molecule has 0 N–H and O–H groups in total. The van der Waals surface area contributed by atoms with E-state index >= 15 is 0 Å². The maximum Gasteiger partial charge on any atom is 0.254 e. The Balaban J connectivity index is 1.81. The van der Waals surface area contributed by atoms with E-state index in [2.05, 4.69) is 31.0 Å². The highest BCUT2D eigenvalue weighted by atomic mass is 32.1. The van der Waals surface area contributed by atoms with Gasteiger partial charge in [0.2, 0.25) is 0 Å². The third-order valence-corrected chi connectivity index (χ3v) is 4.22. The molecule has 0 radical (unpaired) electrons. The third kappa shape index (κ3) is 1.69. The van der Waals surface area contributed by atoms with Gasteiger partial charge in [-0.05, 0) is 6.92 Å². The van der Waals surface area contributed by atoms with Crippen molar-refractivity contribution in [3.63, 3.8) is 0 Å². The lowest BCUT2D eigenvalue weighted by molar-refractivity contribution is 0.700. The summed E-state index contributed by atoms with van der Waals surface area (Å²) in [5.41, 5.74) is 4.13. The molecule has 0 amide bonds. The molecule has 0 spiro atoms. The highest BCUT2D eigenvalue weighted by Crippen LogP contribution is 2.26. The molecule has 0 aliphatic carbocycles. The second-order valence-electron chi connectivity index (χ2n) is 4.62. The Kier molecular flexibility index (Phi) is 2.28. The van der Waals surface area contributed by atoms with Gasteiger partial charge in [0.15, 0.2) is 0 Å². The van der Waals surface area contributed by atoms with E-state index in [4.69, 9.17) is 0 Å². The van der Waals surface area contributed by atoms with E-state index in [9.17, 15) is 0 Å². The van der Waals surface area contributed by atoms with Crippen LogP contribution in [-0.2, 0) is 13.0 Å². The minimum absolute atomic E-state index is 0.658. The van der Waals surface area contributed by atoms with Crippen molar-refractivity contribution >= 4 is 22.9 Å². The Bertz CT molecular complexity index is 746. The van der Waals surface area contributed by atoms with Crippen LogP contribution in [0.1, 0.15) is 16.3 Å². The van der Waals surface area contributed by atoms with Crippen LogP contribution in [0.3, 0.4) is 0 Å². The number of aryl methyl sites for hydroxylation is 1. The van der Waals surface area contributed by atoms with Gasteiger partial charge in [-0.15, -0.1) is 11.3 Å². The first-order chi connectivity index (χ1) is 9.31. The number of anilines is 1. The molecule has 0 unspecified atom stereocenters. The number of nitrogens with zero attached hydrogens (tertiary/aromatic N) is 6. The van der Waals surface area contributed by atoms with Gasteiger partial charge in [-0.3, -0.25) is 0 Å². The quantitative estimate of drug-likeness (QED) is 0.671. The zero-order valence-corrected chi connectivity index (χ0v) is 11.3. The fourth-order valence-corrected chi connectivity index (χ4v) is 3.28. The summed E-state index contributed by atoms with van der Waals surface area (Å²) in [6.45, 7) is 3.83. The van der Waals surface area contributed by atoms with Crippen molar-refractivity contribution in [1.29, 1.82) is 0 Å². The molecule has 0 bridgehead atoms. The molecule has 0 saturated carbocycles. The topological polar surface area (TPSA) is 59.2 Å². The van der Waals surface area contributed by atoms with Gasteiger partial charge in [-0.2, -0.15) is 14.6 Å². The van der Waals surface area contributed by atoms with Crippen LogP contribution in [-0.4, -0.2) is 31.1 Å². The molecule has 3 aromatic rings. The van der Waals surface area contributed by atoms with E-state index in [0.29, 0.717) is 5.78 Å². The van der Waals surface area contributed by atoms with Crippen LogP contribution in [0.25, 0.3) is 5.78 Å². The molecule has 1 aliphatic heterocycles. The van der Waals surface area contributed by atoms with Crippen molar-refractivity contribution in [2.45, 2.75) is 19.9 Å². The summed E-state index contributed by atoms with van der Waals surface area (Å²) in [4.78, 5) is 16.6. The first-order valence-electron chi connectivity index (χ1n) is 6.15. The maximum atomic E-state index is 4.40. The monoisotopic (exact) mass is 272 g/mol. The fraction of sp³-hybridized carbons (Fsp3) is 0.333. The smallest absolute Gasteiger partial charge is 0.254 e. The van der Waals surface area contributed by atoms with Crippen LogP contribution >= 0.6 is 11.3 Å². The normalized spacial score (nSPS) is 14.9. The third-order valence-electron chi connectivity index (χ3n) is 3.36. The van der Waals surface area contributed by atoms with Gasteiger partial charge < -0.3 is 4.90 Å². The van der Waals surface area contributed by atoms with Gasteiger partial charge in [-0.25, -0.2) is 9.97 Å². The minimum Gasteiger partial charge on any atom is -0.351 e. The Morgan fingerprint density at radius 1 is 1.32 bits per heavy atom. The van der Waals surface area contributed by atoms with Crippen LogP contribution in [0.4, 0.5) is 5.82 Å². The van der Waals surface area contributed by atoms with Crippen LogP contribution in [0.15, 0.2) is 17.9 Å². The van der Waals surface area contributed by atoms with Gasteiger partial charge in [0.25, 0.3) is 5.78 Å². The van der Waals surface area contributed by atoms with Gasteiger partial charge in [0.1, 0.15) is 12.1 Å². The Labute approximate surface area is 113 Å². The first-order valence-corrected chi connectivity index (χ1v) is 7.03. The molecule has 4 rings (SSSR count). The highest BCUT2D eigenvalue weighted by molar-refractivity contribution is 7.09. The standard InChI is InChI=1S/C12H12N6S/c1-8-4-11(18-12(16-8)13-6-15-18)17-3-2-9-10(5-17)19-7-14-9/h4,6-7H,2-3,5H2,1H3. The summed E-state index contributed by atoms with van der Waals surface area (Å²) < 4.78 is 1.80. The molecular weight excluding hydrogens is 260 g/mol. The van der Waals surface area contributed by atoms with E-state index in [1.807, 2.05) is 12.4 Å². The molecule has 0 atom stereocenters. The Morgan fingerprint density at radius 3 is 3.21 bits per heavy atom. The molecule has 1 aliphatic rings. The molecule has 19 heavy (non-hydrogen) atoms. The van der Waals surface area contributed by atoms with Gasteiger partial charge in [0, 0.05) is 29.6 Å². The van der Waals surface area contributed by atoms with Crippen LogP contribution in [0.5, 0.6) is 0 Å². The average Bonchev–Trinajstić information content (AvgIpc) is 3.04. The van der Waals surface area contributed by atoms with Crippen molar-refractivity contribution in [1.82, 2.24) is 24.6 Å². The van der Waals surface area contributed by atoms with Crippen molar-refractivity contribution in [2.75, 3.05) is 11.4 Å². The number of aromatic nitrogens is 5. The van der Waals surface area contributed by atoms with E-state index in [-0.39, 0.29) is 0 Å². The van der Waals surface area contributed by atoms with E-state index in [1.54, 1.807) is 22.2 Å². The number of thiazole rings is 1. The molecule has 3 aromatic heterocycles. The molecule has 0 aromatic carbocycles. The summed E-state index contributed by atoms with van der Waals surface area (Å²) in [5.74, 6) is 1.71. The van der Waals surface area contributed by atoms with Gasteiger partial charge in [0.05, 0.1) is 17.7 Å². The van der Waals surface area contributed by atoms with Crippen LogP contribution < -0.4 is 4.90 Å². The predicted molar refractivity (Wildman–Crippen MR) is 72.4 cm³/mol. The SMILES string of the molecule is Cc1cc(N2CCc3ncsc3C2)n2ncnc2n1. The zero-order chi connectivity index (χ0) is 12.8. The predicted octanol–water partition coefficient (Wildman–Crippen LogP) is 1.45. The van der Waals surface area contributed by atoms with Gasteiger partial charge in [-0.1, -0.05) is 0 Å². The van der Waals surface area contributed by atoms with E-state index < -0.39 is 0 Å². The van der Waals surface area contributed by atoms with Crippen molar-refractivity contribution in [2.24, 2.45) is 0 Å². The minimum atomic E-state index is 0.658. The average molecular weight is 272 g/mol. The zero-order valence-electron chi connectivity index (χ0n) is 10.4. The highest BCUT2D eigenvalue weighted by Gasteiger charge is 2.21. The summed E-state index contributed by atoms with van der Waals surface area (Å²) in [7, 11) is 0. The lowest BCUT2D eigenvalue weighted by Crippen LogP contribution is -2.31. The molecule has 0 saturated heterocycles. The summed E-state index contributed by atoms with van der Waals surface area (Å²) in [6, 6.07) is 2.06. The molecular formula is C12H12N6S. The number of hydrogen-bond acceptors (Lipinski definition) is 6. The first kappa shape index (κ1) is 10.9. The maximum absolute atomic E-state index is 4.40. The Morgan fingerprint density at radius 2 is 2.26 bits per heavy atom. The molecule has 0 fully saturated rings. The summed E-state index contributed by atoms with van der Waals surface area (Å²) >= 11 is 1.72. The molecule has 96 valence electrons. The second-order valence-corrected chi connectivity index (χ2v) is 5.56. The fourth-order valence-electron chi connectivity index (χ4n) is 2.45. The molecule has 4 heterocycles. The number of rotatable bonds is 1. The van der Waals surface area contributed by atoms with Crippen LogP contribution in [0.2, 0.25) is 0 Å². The van der Waals surface area contributed by atoms with Crippen LogP contribution in [0, 0.1) is 6.92 Å². The summed E-state index contributed by atoms with van der Waals surface area (Å²) in [6.07, 6.45) is 2.53. The molecule has 7 heteroatoms. The lowest BCUT2D eigenvalue weighted by atomic mass is 10.2. The second kappa shape index (κ2) is 3.99. The number of hydrogen-bond donors (Lipinski definition) is 0. The van der Waals surface area contributed by atoms with Crippen molar-refractivity contribution in [3.8, 4) is 0 Å².